The fourth-order valence-electron chi connectivity index (χ4n) is 1.14. The lowest BCUT2D eigenvalue weighted by Gasteiger charge is -2.28. The Morgan fingerprint density at radius 2 is 2.07 bits per heavy atom. The van der Waals surface area contributed by atoms with Crippen LogP contribution < -0.4 is 5.11 Å². The van der Waals surface area contributed by atoms with Gasteiger partial charge in [0, 0.05) is 5.75 Å². The van der Waals surface area contributed by atoms with Crippen molar-refractivity contribution in [3.8, 4) is 0 Å². The molecule has 0 spiro atoms. The lowest BCUT2D eigenvalue weighted by atomic mass is 10.2. The van der Waals surface area contributed by atoms with Gasteiger partial charge in [0.25, 0.3) is 0 Å². The summed E-state index contributed by atoms with van der Waals surface area (Å²) in [6.45, 7) is 5.21. The fraction of sp³-hybridized carbons (Fsp3) is 0.778. The minimum atomic E-state index is -1.23. The minimum Gasteiger partial charge on any atom is -0.548 e. The van der Waals surface area contributed by atoms with Gasteiger partial charge in [-0.05, 0) is 20.8 Å². The third kappa shape index (κ3) is 3.30. The molecule has 5 nitrogen and oxygen atoms in total. The molecule has 1 amide bonds. The lowest BCUT2D eigenvalue weighted by molar-refractivity contribution is -0.309. The van der Waals surface area contributed by atoms with Crippen LogP contribution in [-0.2, 0) is 9.53 Å². The molecule has 0 bridgehead atoms. The Morgan fingerprint density at radius 1 is 1.47 bits per heavy atom. The van der Waals surface area contributed by atoms with Crippen molar-refractivity contribution in [2.24, 2.45) is 0 Å². The van der Waals surface area contributed by atoms with E-state index in [0.29, 0.717) is 11.6 Å². The second kappa shape index (κ2) is 4.30. The predicted octanol–water partition coefficient (Wildman–Crippen LogP) is 0.0463. The lowest BCUT2D eigenvalue weighted by Crippen LogP contribution is -2.49. The van der Waals surface area contributed by atoms with Crippen LogP contribution in [0.25, 0.3) is 0 Å². The zero-order valence-corrected chi connectivity index (χ0v) is 9.80. The number of aliphatic carboxylic acids is 1. The summed E-state index contributed by atoms with van der Waals surface area (Å²) >= 11 is 1.38. The van der Waals surface area contributed by atoms with Gasteiger partial charge < -0.3 is 14.6 Å². The third-order valence-electron chi connectivity index (χ3n) is 1.78. The highest BCUT2D eigenvalue weighted by molar-refractivity contribution is 7.99. The van der Waals surface area contributed by atoms with Crippen LogP contribution in [0.15, 0.2) is 0 Å². The van der Waals surface area contributed by atoms with Crippen LogP contribution in [0.5, 0.6) is 0 Å². The first-order valence-corrected chi connectivity index (χ1v) is 5.75. The van der Waals surface area contributed by atoms with E-state index in [0.717, 1.165) is 0 Å². The quantitative estimate of drug-likeness (QED) is 0.638. The predicted molar refractivity (Wildman–Crippen MR) is 54.2 cm³/mol. The van der Waals surface area contributed by atoms with Crippen LogP contribution >= 0.6 is 11.8 Å². The van der Waals surface area contributed by atoms with E-state index in [4.69, 9.17) is 4.74 Å². The summed E-state index contributed by atoms with van der Waals surface area (Å²) in [5.74, 6) is -0.527. The topological polar surface area (TPSA) is 69.7 Å². The Morgan fingerprint density at radius 3 is 2.53 bits per heavy atom. The van der Waals surface area contributed by atoms with E-state index >= 15 is 0 Å². The van der Waals surface area contributed by atoms with Gasteiger partial charge in [-0.1, -0.05) is 0 Å². The van der Waals surface area contributed by atoms with Crippen molar-refractivity contribution in [1.82, 2.24) is 4.90 Å². The highest BCUT2D eigenvalue weighted by Crippen LogP contribution is 2.22. The molecule has 0 aromatic heterocycles. The summed E-state index contributed by atoms with van der Waals surface area (Å²) in [5, 5.41) is 10.7. The molecule has 15 heavy (non-hydrogen) atoms. The molecule has 86 valence electrons. The fourth-order valence-corrected chi connectivity index (χ4v) is 2.27. The maximum Gasteiger partial charge on any atom is 0.411 e. The maximum absolute atomic E-state index is 11.6. The zero-order valence-electron chi connectivity index (χ0n) is 8.98. The molecule has 6 heteroatoms. The number of carboxylic acid groups (broad SMARTS) is 1. The number of hydrogen-bond acceptors (Lipinski definition) is 5. The normalized spacial score (nSPS) is 21.5. The van der Waals surface area contributed by atoms with Crippen molar-refractivity contribution >= 4 is 23.8 Å². The van der Waals surface area contributed by atoms with Gasteiger partial charge >= 0.3 is 6.09 Å². The van der Waals surface area contributed by atoms with Crippen LogP contribution in [-0.4, -0.2) is 40.2 Å². The number of carbonyl (C=O) groups excluding carboxylic acids is 2. The number of carboxylic acids is 1. The molecule has 1 saturated heterocycles. The Kier molecular flexibility index (Phi) is 3.49. The SMILES string of the molecule is CC(C)(C)OC(=O)N1CSC[C@@H]1C(=O)[O-]. The van der Waals surface area contributed by atoms with Gasteiger partial charge in [-0.15, -0.1) is 11.8 Å². The molecule has 0 aliphatic carbocycles. The molecule has 1 atom stereocenters. The van der Waals surface area contributed by atoms with Crippen LogP contribution in [0, 0.1) is 0 Å². The summed E-state index contributed by atoms with van der Waals surface area (Å²) in [6.07, 6.45) is -0.596. The Labute approximate surface area is 92.8 Å². The van der Waals surface area contributed by atoms with E-state index in [9.17, 15) is 14.7 Å². The average Bonchev–Trinajstić information content (AvgIpc) is 2.47. The Hall–Kier alpha value is -0.910. The smallest absolute Gasteiger partial charge is 0.411 e. The molecule has 1 fully saturated rings. The van der Waals surface area contributed by atoms with Crippen LogP contribution in [0.4, 0.5) is 4.79 Å². The van der Waals surface area contributed by atoms with Crippen molar-refractivity contribution in [3.05, 3.63) is 0 Å². The number of nitrogens with zero attached hydrogens (tertiary/aromatic N) is 1. The van der Waals surface area contributed by atoms with Gasteiger partial charge in [0.05, 0.1) is 17.9 Å². The summed E-state index contributed by atoms with van der Waals surface area (Å²) < 4.78 is 5.08. The van der Waals surface area contributed by atoms with Gasteiger partial charge in [-0.2, -0.15) is 0 Å². The standard InChI is InChI=1S/C9H15NO4S/c1-9(2,3)14-8(13)10-5-15-4-6(10)7(11)12/h6H,4-5H2,1-3H3,(H,11,12)/p-1/t6-/m1/s1. The molecule has 0 saturated carbocycles. The molecule has 0 aromatic carbocycles. The first-order valence-electron chi connectivity index (χ1n) is 4.59. The van der Waals surface area contributed by atoms with Crippen molar-refractivity contribution in [1.29, 1.82) is 0 Å². The number of thioether (sulfide) groups is 1. The van der Waals surface area contributed by atoms with Crippen molar-refractivity contribution < 1.29 is 19.4 Å². The minimum absolute atomic E-state index is 0.341. The summed E-state index contributed by atoms with van der Waals surface area (Å²) in [7, 11) is 0. The molecule has 1 heterocycles. The summed E-state index contributed by atoms with van der Waals surface area (Å²) in [6, 6.07) is -0.871. The molecule has 1 aliphatic rings. The second-order valence-corrected chi connectivity index (χ2v) is 5.28. The molecule has 0 unspecified atom stereocenters. The molecule has 0 radical (unpaired) electrons. The van der Waals surface area contributed by atoms with E-state index in [1.165, 1.54) is 16.7 Å². The average molecular weight is 232 g/mol. The van der Waals surface area contributed by atoms with E-state index < -0.39 is 23.7 Å². The first kappa shape index (κ1) is 12.2. The number of rotatable bonds is 1. The van der Waals surface area contributed by atoms with Crippen molar-refractivity contribution in [2.75, 3.05) is 11.6 Å². The first-order chi connectivity index (χ1) is 6.81. The third-order valence-corrected chi connectivity index (χ3v) is 2.79. The number of amides is 1. The highest BCUT2D eigenvalue weighted by Gasteiger charge is 2.33. The molecule has 1 rings (SSSR count). The molecular formula is C9H14NO4S-. The Balaban J connectivity index is 2.63. The Bertz CT molecular complexity index is 274. The van der Waals surface area contributed by atoms with Crippen LogP contribution in [0.3, 0.4) is 0 Å². The molecule has 0 aromatic rings. The van der Waals surface area contributed by atoms with Crippen LogP contribution in [0.1, 0.15) is 20.8 Å². The van der Waals surface area contributed by atoms with Crippen LogP contribution in [0.2, 0.25) is 0 Å². The summed E-state index contributed by atoms with van der Waals surface area (Å²) in [5.41, 5.74) is -0.610. The zero-order chi connectivity index (χ0) is 11.6. The second-order valence-electron chi connectivity index (χ2n) is 4.28. The number of ether oxygens (including phenoxy) is 1. The van der Waals surface area contributed by atoms with Crippen molar-refractivity contribution in [2.45, 2.75) is 32.4 Å². The number of hydrogen-bond donors (Lipinski definition) is 0. The van der Waals surface area contributed by atoms with Gasteiger partial charge in [0.1, 0.15) is 5.60 Å². The summed E-state index contributed by atoms with van der Waals surface area (Å²) in [4.78, 5) is 23.5. The van der Waals surface area contributed by atoms with E-state index in [-0.39, 0.29) is 0 Å². The maximum atomic E-state index is 11.6. The van der Waals surface area contributed by atoms with Gasteiger partial charge in [-0.25, -0.2) is 4.79 Å². The number of carbonyl (C=O) groups is 2. The van der Waals surface area contributed by atoms with E-state index in [2.05, 4.69) is 0 Å². The largest absolute Gasteiger partial charge is 0.548 e. The molecule has 1 aliphatic heterocycles. The van der Waals surface area contributed by atoms with E-state index in [1.807, 2.05) is 0 Å². The van der Waals surface area contributed by atoms with Gasteiger partial charge in [0.2, 0.25) is 0 Å². The monoisotopic (exact) mass is 232 g/mol. The molecule has 0 N–H and O–H groups in total. The van der Waals surface area contributed by atoms with E-state index in [1.54, 1.807) is 20.8 Å². The highest BCUT2D eigenvalue weighted by atomic mass is 32.2. The van der Waals surface area contributed by atoms with Crippen molar-refractivity contribution in [3.63, 3.8) is 0 Å². The van der Waals surface area contributed by atoms with Gasteiger partial charge in [-0.3, -0.25) is 4.90 Å². The van der Waals surface area contributed by atoms with Gasteiger partial charge in [0.15, 0.2) is 0 Å². The molecular weight excluding hydrogens is 218 g/mol.